The van der Waals surface area contributed by atoms with Gasteiger partial charge in [-0.3, -0.25) is 19.7 Å². The molecule has 12 heteroatoms. The molecule has 0 aliphatic carbocycles. The zero-order valence-corrected chi connectivity index (χ0v) is 16.4. The highest BCUT2D eigenvalue weighted by Gasteiger charge is 2.33. The first-order valence-electron chi connectivity index (χ1n) is 8.18. The quantitative estimate of drug-likeness (QED) is 0.535. The number of nitro groups is 1. The topological polar surface area (TPSA) is 102 Å². The molecule has 0 unspecified atom stereocenters. The number of halogens is 4. The molecule has 160 valence electrons. The van der Waals surface area contributed by atoms with E-state index in [-0.39, 0.29) is 17.0 Å². The van der Waals surface area contributed by atoms with Gasteiger partial charge in [0.1, 0.15) is 0 Å². The van der Waals surface area contributed by atoms with Crippen LogP contribution in [0.5, 0.6) is 5.75 Å². The highest BCUT2D eigenvalue weighted by molar-refractivity contribution is 6.31. The summed E-state index contributed by atoms with van der Waals surface area (Å²) in [5.41, 5.74) is -1.76. The van der Waals surface area contributed by atoms with E-state index in [9.17, 15) is 32.9 Å². The Bertz CT molecular complexity index is 998. The van der Waals surface area contributed by atoms with Gasteiger partial charge < -0.3 is 15.0 Å². The highest BCUT2D eigenvalue weighted by Crippen LogP contribution is 2.36. The van der Waals surface area contributed by atoms with Crippen LogP contribution in [0.3, 0.4) is 0 Å². The molecule has 1 N–H and O–H groups in total. The lowest BCUT2D eigenvalue weighted by molar-refractivity contribution is -0.385. The molecular weight excluding hydrogens is 431 g/mol. The van der Waals surface area contributed by atoms with Gasteiger partial charge in [-0.25, -0.2) is 0 Å². The second-order valence-corrected chi connectivity index (χ2v) is 6.45. The summed E-state index contributed by atoms with van der Waals surface area (Å²) < 4.78 is 43.6. The van der Waals surface area contributed by atoms with E-state index in [4.69, 9.17) is 16.3 Å². The first-order valence-corrected chi connectivity index (χ1v) is 8.56. The number of nitro benzene ring substituents is 1. The number of alkyl halides is 3. The maximum atomic E-state index is 12.9. The van der Waals surface area contributed by atoms with E-state index in [0.29, 0.717) is 6.07 Å². The molecule has 0 aromatic heterocycles. The van der Waals surface area contributed by atoms with Crippen molar-refractivity contribution < 1.29 is 32.4 Å². The first-order chi connectivity index (χ1) is 13.9. The summed E-state index contributed by atoms with van der Waals surface area (Å²) in [7, 11) is 2.50. The fourth-order valence-electron chi connectivity index (χ4n) is 2.49. The number of hydrogen-bond donors (Lipinski definition) is 1. The molecular formula is C18H15ClF3N3O5. The molecule has 2 amide bonds. The second kappa shape index (κ2) is 8.99. The molecule has 0 atom stereocenters. The third-order valence-corrected chi connectivity index (χ3v) is 4.24. The van der Waals surface area contributed by atoms with Crippen LogP contribution >= 0.6 is 11.6 Å². The molecule has 0 bridgehead atoms. The van der Waals surface area contributed by atoms with Crippen molar-refractivity contribution in [2.24, 2.45) is 0 Å². The van der Waals surface area contributed by atoms with Crippen molar-refractivity contribution >= 4 is 34.8 Å². The van der Waals surface area contributed by atoms with Crippen LogP contribution in [0, 0.1) is 10.1 Å². The summed E-state index contributed by atoms with van der Waals surface area (Å²) >= 11 is 5.53. The molecule has 2 rings (SSSR count). The Hall–Kier alpha value is -3.34. The summed E-state index contributed by atoms with van der Waals surface area (Å²) in [6.07, 6.45) is -4.70. The SMILES string of the molecule is COc1ccc(C(=O)N(C)CC(=O)Nc2ccc(Cl)c(C(F)(F)F)c2)cc1[N+](=O)[O-]. The number of rotatable bonds is 6. The summed E-state index contributed by atoms with van der Waals surface area (Å²) in [6.45, 7) is -0.511. The van der Waals surface area contributed by atoms with E-state index in [0.717, 1.165) is 17.0 Å². The zero-order chi connectivity index (χ0) is 22.6. The molecule has 0 saturated heterocycles. The van der Waals surface area contributed by atoms with Gasteiger partial charge in [0.25, 0.3) is 5.91 Å². The number of ether oxygens (including phenoxy) is 1. The molecule has 0 aliphatic rings. The smallest absolute Gasteiger partial charge is 0.417 e. The van der Waals surface area contributed by atoms with Crippen molar-refractivity contribution in [1.29, 1.82) is 0 Å². The van der Waals surface area contributed by atoms with E-state index in [1.54, 1.807) is 0 Å². The van der Waals surface area contributed by atoms with Gasteiger partial charge >= 0.3 is 11.9 Å². The van der Waals surface area contributed by atoms with Crippen LogP contribution in [0.1, 0.15) is 15.9 Å². The van der Waals surface area contributed by atoms with Gasteiger partial charge in [-0.2, -0.15) is 13.2 Å². The standard InChI is InChI=1S/C18H15ClF3N3O5/c1-24(17(27)10-3-6-15(30-2)14(7-10)25(28)29)9-16(26)23-11-4-5-13(19)12(8-11)18(20,21)22/h3-8H,9H2,1-2H3,(H,23,26). The Morgan fingerprint density at radius 2 is 1.90 bits per heavy atom. The lowest BCUT2D eigenvalue weighted by atomic mass is 10.1. The third-order valence-electron chi connectivity index (χ3n) is 3.91. The van der Waals surface area contributed by atoms with Crippen LogP contribution in [-0.2, 0) is 11.0 Å². The molecule has 30 heavy (non-hydrogen) atoms. The van der Waals surface area contributed by atoms with Gasteiger partial charge in [-0.1, -0.05) is 11.6 Å². The maximum absolute atomic E-state index is 12.9. The molecule has 0 radical (unpaired) electrons. The number of amides is 2. The van der Waals surface area contributed by atoms with Crippen molar-refractivity contribution in [2.45, 2.75) is 6.18 Å². The van der Waals surface area contributed by atoms with E-state index < -0.39 is 45.7 Å². The van der Waals surface area contributed by atoms with Crippen molar-refractivity contribution in [3.63, 3.8) is 0 Å². The number of anilines is 1. The number of nitrogens with zero attached hydrogens (tertiary/aromatic N) is 2. The normalized spacial score (nSPS) is 11.0. The fourth-order valence-corrected chi connectivity index (χ4v) is 2.72. The lowest BCUT2D eigenvalue weighted by Gasteiger charge is -2.17. The van der Waals surface area contributed by atoms with Gasteiger partial charge in [-0.05, 0) is 30.3 Å². The Morgan fingerprint density at radius 1 is 1.23 bits per heavy atom. The second-order valence-electron chi connectivity index (χ2n) is 6.05. The van der Waals surface area contributed by atoms with Crippen LogP contribution in [0.4, 0.5) is 24.5 Å². The third kappa shape index (κ3) is 5.38. The summed E-state index contributed by atoms with van der Waals surface area (Å²) in [4.78, 5) is 35.9. The Kier molecular flexibility index (Phi) is 6.88. The van der Waals surface area contributed by atoms with E-state index in [1.807, 2.05) is 0 Å². The number of likely N-dealkylation sites (N-methyl/N-ethyl adjacent to an activating group) is 1. The highest BCUT2D eigenvalue weighted by atomic mass is 35.5. The summed E-state index contributed by atoms with van der Waals surface area (Å²) in [5.74, 6) is -1.52. The Morgan fingerprint density at radius 3 is 2.47 bits per heavy atom. The van der Waals surface area contributed by atoms with Gasteiger partial charge in [0.15, 0.2) is 5.75 Å². The van der Waals surface area contributed by atoms with Crippen molar-refractivity contribution in [3.05, 3.63) is 62.7 Å². The van der Waals surface area contributed by atoms with E-state index in [2.05, 4.69) is 5.32 Å². The predicted molar refractivity (Wildman–Crippen MR) is 102 cm³/mol. The molecule has 0 fully saturated rings. The molecule has 0 spiro atoms. The van der Waals surface area contributed by atoms with E-state index >= 15 is 0 Å². The number of nitrogens with one attached hydrogen (secondary N) is 1. The van der Waals surface area contributed by atoms with Crippen LogP contribution in [-0.4, -0.2) is 42.3 Å². The number of hydrogen-bond acceptors (Lipinski definition) is 5. The predicted octanol–water partition coefficient (Wildman–Crippen LogP) is 3.99. The Labute approximate surface area is 173 Å². The van der Waals surface area contributed by atoms with Crippen LogP contribution in [0.15, 0.2) is 36.4 Å². The minimum atomic E-state index is -4.70. The maximum Gasteiger partial charge on any atom is 0.417 e. The number of carbonyl (C=O) groups is 2. The van der Waals surface area contributed by atoms with Gasteiger partial charge in [0.05, 0.1) is 29.2 Å². The van der Waals surface area contributed by atoms with Crippen molar-refractivity contribution in [3.8, 4) is 5.75 Å². The molecule has 0 saturated carbocycles. The average Bonchev–Trinajstić information content (AvgIpc) is 2.67. The Balaban J connectivity index is 2.12. The van der Waals surface area contributed by atoms with Crippen LogP contribution < -0.4 is 10.1 Å². The van der Waals surface area contributed by atoms with Gasteiger partial charge in [0, 0.05) is 24.4 Å². The van der Waals surface area contributed by atoms with Gasteiger partial charge in [0.2, 0.25) is 5.91 Å². The monoisotopic (exact) mass is 445 g/mol. The number of carbonyl (C=O) groups excluding carboxylic acids is 2. The van der Waals surface area contributed by atoms with E-state index in [1.165, 1.54) is 32.4 Å². The fraction of sp³-hybridized carbons (Fsp3) is 0.222. The molecule has 8 nitrogen and oxygen atoms in total. The first kappa shape index (κ1) is 22.9. The van der Waals surface area contributed by atoms with Crippen molar-refractivity contribution in [2.75, 3.05) is 26.0 Å². The van der Waals surface area contributed by atoms with Crippen LogP contribution in [0.2, 0.25) is 5.02 Å². The largest absolute Gasteiger partial charge is 0.490 e. The zero-order valence-electron chi connectivity index (χ0n) is 15.6. The number of benzene rings is 2. The van der Waals surface area contributed by atoms with Gasteiger partial charge in [-0.15, -0.1) is 0 Å². The average molecular weight is 446 g/mol. The van der Waals surface area contributed by atoms with Crippen LogP contribution in [0.25, 0.3) is 0 Å². The summed E-state index contributed by atoms with van der Waals surface area (Å²) in [5, 5.41) is 12.8. The minimum absolute atomic E-state index is 0.0415. The summed E-state index contributed by atoms with van der Waals surface area (Å²) in [6, 6.07) is 6.39. The lowest BCUT2D eigenvalue weighted by Crippen LogP contribution is -2.35. The number of methoxy groups -OCH3 is 1. The van der Waals surface area contributed by atoms with Crippen molar-refractivity contribution in [1.82, 2.24) is 4.90 Å². The minimum Gasteiger partial charge on any atom is -0.490 e. The molecule has 0 heterocycles. The molecule has 2 aromatic carbocycles. The molecule has 2 aromatic rings. The molecule has 0 aliphatic heterocycles.